The van der Waals surface area contributed by atoms with Crippen LogP contribution in [0.15, 0.2) is 62.6 Å². The van der Waals surface area contributed by atoms with E-state index < -0.39 is 5.97 Å². The van der Waals surface area contributed by atoms with Crippen LogP contribution in [-0.2, 0) is 0 Å². The Morgan fingerprint density at radius 2 is 1.81 bits per heavy atom. The van der Waals surface area contributed by atoms with Gasteiger partial charge in [-0.2, -0.15) is 0 Å². The topological polar surface area (TPSA) is 87.7 Å². The molecule has 0 saturated carbocycles. The van der Waals surface area contributed by atoms with Crippen molar-refractivity contribution in [1.82, 2.24) is 0 Å². The number of fused-ring (bicyclic) bond motifs is 2. The minimum atomic E-state index is -1.08. The van der Waals surface area contributed by atoms with E-state index in [1.165, 1.54) is 30.3 Å². The molecule has 0 saturated heterocycles. The van der Waals surface area contributed by atoms with E-state index in [1.807, 2.05) is 6.92 Å². The zero-order valence-corrected chi connectivity index (χ0v) is 15.1. The Hall–Kier alpha value is -3.25. The molecule has 27 heavy (non-hydrogen) atoms. The van der Waals surface area contributed by atoms with Gasteiger partial charge in [-0.1, -0.05) is 0 Å². The fraction of sp³-hybridized carbons (Fsp3) is 0.0476. The summed E-state index contributed by atoms with van der Waals surface area (Å²) in [5.41, 5.74) is 2.78. The lowest BCUT2D eigenvalue weighted by Crippen LogP contribution is -2.04. The van der Waals surface area contributed by atoms with Gasteiger partial charge in [0.1, 0.15) is 17.1 Å². The van der Waals surface area contributed by atoms with Gasteiger partial charge in [-0.3, -0.25) is 4.79 Å². The number of hydrogen-bond donors (Lipinski definition) is 3. The van der Waals surface area contributed by atoms with Crippen molar-refractivity contribution >= 4 is 29.6 Å². The van der Waals surface area contributed by atoms with Crippen LogP contribution in [0.5, 0.6) is 5.75 Å². The number of benzene rings is 3. The number of carboxylic acid groups (broad SMARTS) is 1. The summed E-state index contributed by atoms with van der Waals surface area (Å²) in [4.78, 5) is 24.3. The molecule has 0 unspecified atom stereocenters. The molecule has 0 fully saturated rings. The molecule has 1 aliphatic heterocycles. The highest BCUT2D eigenvalue weighted by Crippen LogP contribution is 2.42. The summed E-state index contributed by atoms with van der Waals surface area (Å²) in [5, 5.41) is 20.2. The van der Waals surface area contributed by atoms with Crippen molar-refractivity contribution in [2.75, 3.05) is 0 Å². The van der Waals surface area contributed by atoms with Crippen molar-refractivity contribution in [3.05, 3.63) is 69.9 Å². The quantitative estimate of drug-likeness (QED) is 0.351. The first-order chi connectivity index (χ1) is 12.8. The molecule has 5 nitrogen and oxygen atoms in total. The molecule has 6 heteroatoms. The van der Waals surface area contributed by atoms with E-state index in [0.29, 0.717) is 38.3 Å². The first-order valence-corrected chi connectivity index (χ1v) is 8.57. The van der Waals surface area contributed by atoms with Crippen LogP contribution in [-0.4, -0.2) is 16.2 Å². The van der Waals surface area contributed by atoms with Crippen LogP contribution < -0.4 is 5.43 Å². The molecule has 0 amide bonds. The Balaban J connectivity index is 2.23. The minimum absolute atomic E-state index is 0.00942. The molecule has 2 aliphatic rings. The number of hydrogen-bond acceptors (Lipinski definition) is 5. The predicted octanol–water partition coefficient (Wildman–Crippen LogP) is 4.57. The second-order valence-corrected chi connectivity index (χ2v) is 6.79. The van der Waals surface area contributed by atoms with Crippen molar-refractivity contribution in [3.63, 3.8) is 0 Å². The lowest BCUT2D eigenvalue weighted by Gasteiger charge is -2.17. The van der Waals surface area contributed by atoms with Crippen molar-refractivity contribution in [1.29, 1.82) is 0 Å². The molecule has 0 spiro atoms. The summed E-state index contributed by atoms with van der Waals surface area (Å²) in [6.07, 6.45) is 0. The number of carboxylic acids is 1. The molecule has 134 valence electrons. The SMILES string of the molecule is Cc1cc(-c2c3ccc(=O)cc-3oc3cc(O)ccc23)c(C(=O)O)cc1S. The van der Waals surface area contributed by atoms with E-state index >= 15 is 0 Å². The van der Waals surface area contributed by atoms with Gasteiger partial charge in [-0.25, -0.2) is 4.79 Å². The van der Waals surface area contributed by atoms with E-state index in [1.54, 1.807) is 18.2 Å². The molecule has 0 aromatic heterocycles. The molecule has 2 aromatic rings. The zero-order chi connectivity index (χ0) is 19.3. The van der Waals surface area contributed by atoms with Gasteiger partial charge in [0.25, 0.3) is 0 Å². The molecular formula is C21H14O5S. The highest BCUT2D eigenvalue weighted by atomic mass is 32.1. The summed E-state index contributed by atoms with van der Waals surface area (Å²) in [5.74, 6) is -0.753. The number of rotatable bonds is 2. The first kappa shape index (κ1) is 17.2. The molecule has 0 bridgehead atoms. The van der Waals surface area contributed by atoms with Gasteiger partial charge in [0.15, 0.2) is 5.43 Å². The Kier molecular flexibility index (Phi) is 3.93. The Labute approximate surface area is 159 Å². The van der Waals surface area contributed by atoms with Crippen LogP contribution in [0.2, 0.25) is 0 Å². The Morgan fingerprint density at radius 1 is 1.04 bits per heavy atom. The van der Waals surface area contributed by atoms with Crippen LogP contribution in [0.4, 0.5) is 0 Å². The van der Waals surface area contributed by atoms with Gasteiger partial charge in [0.2, 0.25) is 0 Å². The third-order valence-corrected chi connectivity index (χ3v) is 4.99. The predicted molar refractivity (Wildman–Crippen MR) is 105 cm³/mol. The van der Waals surface area contributed by atoms with Gasteiger partial charge < -0.3 is 14.6 Å². The largest absolute Gasteiger partial charge is 0.508 e. The number of phenolic OH excluding ortho intramolecular Hbond substituents is 1. The molecule has 2 aromatic carbocycles. The van der Waals surface area contributed by atoms with Crippen molar-refractivity contribution < 1.29 is 19.4 Å². The molecule has 1 aliphatic carbocycles. The first-order valence-electron chi connectivity index (χ1n) is 8.12. The number of aromatic carboxylic acids is 1. The number of carbonyl (C=O) groups is 1. The second-order valence-electron chi connectivity index (χ2n) is 6.30. The van der Waals surface area contributed by atoms with Gasteiger partial charge in [0.05, 0.1) is 5.56 Å². The molecule has 0 radical (unpaired) electrons. The fourth-order valence-corrected chi connectivity index (χ4v) is 3.42. The van der Waals surface area contributed by atoms with Crippen molar-refractivity contribution in [3.8, 4) is 28.2 Å². The van der Waals surface area contributed by atoms with E-state index in [0.717, 1.165) is 5.56 Å². The van der Waals surface area contributed by atoms with Gasteiger partial charge in [-0.15, -0.1) is 12.6 Å². The lowest BCUT2D eigenvalue weighted by atomic mass is 9.90. The number of aryl methyl sites for hydroxylation is 1. The van der Waals surface area contributed by atoms with Gasteiger partial charge in [-0.05, 0) is 54.4 Å². The molecule has 1 heterocycles. The summed E-state index contributed by atoms with van der Waals surface area (Å²) in [7, 11) is 0. The Bertz CT molecular complexity index is 1260. The maximum Gasteiger partial charge on any atom is 0.336 e. The number of phenols is 1. The van der Waals surface area contributed by atoms with Gasteiger partial charge >= 0.3 is 5.97 Å². The maximum atomic E-state index is 11.9. The summed E-state index contributed by atoms with van der Waals surface area (Å²) >= 11 is 4.34. The summed E-state index contributed by atoms with van der Waals surface area (Å²) < 4.78 is 5.80. The normalized spacial score (nSPS) is 11.2. The highest BCUT2D eigenvalue weighted by Gasteiger charge is 2.22. The molecule has 0 atom stereocenters. The maximum absolute atomic E-state index is 11.9. The summed E-state index contributed by atoms with van der Waals surface area (Å²) in [6.45, 7) is 1.84. The zero-order valence-electron chi connectivity index (χ0n) is 14.2. The molecule has 2 N–H and O–H groups in total. The van der Waals surface area contributed by atoms with E-state index in [-0.39, 0.29) is 16.7 Å². The van der Waals surface area contributed by atoms with Crippen molar-refractivity contribution in [2.24, 2.45) is 0 Å². The average molecular weight is 378 g/mol. The van der Waals surface area contributed by atoms with Crippen LogP contribution in [0.25, 0.3) is 33.4 Å². The van der Waals surface area contributed by atoms with E-state index in [9.17, 15) is 19.8 Å². The lowest BCUT2D eigenvalue weighted by molar-refractivity contribution is 0.0697. The number of thiol groups is 1. The third-order valence-electron chi connectivity index (χ3n) is 4.51. The molecular weight excluding hydrogens is 364 g/mol. The van der Waals surface area contributed by atoms with Crippen LogP contribution in [0.3, 0.4) is 0 Å². The number of aromatic hydroxyl groups is 1. The molecule has 4 rings (SSSR count). The smallest absolute Gasteiger partial charge is 0.336 e. The van der Waals surface area contributed by atoms with Crippen LogP contribution in [0, 0.1) is 6.92 Å². The fourth-order valence-electron chi connectivity index (χ4n) is 3.23. The van der Waals surface area contributed by atoms with Crippen LogP contribution in [0.1, 0.15) is 15.9 Å². The Morgan fingerprint density at radius 3 is 2.56 bits per heavy atom. The van der Waals surface area contributed by atoms with Gasteiger partial charge in [0, 0.05) is 33.5 Å². The van der Waals surface area contributed by atoms with E-state index in [4.69, 9.17) is 4.42 Å². The highest BCUT2D eigenvalue weighted by molar-refractivity contribution is 7.80. The average Bonchev–Trinajstić information content (AvgIpc) is 2.61. The minimum Gasteiger partial charge on any atom is -0.508 e. The van der Waals surface area contributed by atoms with Crippen LogP contribution >= 0.6 is 12.6 Å². The monoisotopic (exact) mass is 378 g/mol. The van der Waals surface area contributed by atoms with Crippen molar-refractivity contribution in [2.45, 2.75) is 11.8 Å². The standard InChI is InChI=1S/C21H14O5S/c1-10-6-15(16(21(24)25)9-19(10)27)20-13-4-2-11(22)7-17(13)26-18-8-12(23)3-5-14(18)20/h2-9,22,27H,1H3,(H,24,25). The van der Waals surface area contributed by atoms with E-state index in [2.05, 4.69) is 12.6 Å². The second kappa shape index (κ2) is 6.17. The third kappa shape index (κ3) is 2.84. The summed E-state index contributed by atoms with van der Waals surface area (Å²) in [6, 6.07) is 12.3.